The average Bonchev–Trinajstić information content (AvgIpc) is 2.92. The highest BCUT2D eigenvalue weighted by atomic mass is 16.3. The Kier molecular flexibility index (Phi) is 4.76. The maximum atomic E-state index is 12.5. The van der Waals surface area contributed by atoms with E-state index in [0.29, 0.717) is 12.1 Å². The number of aliphatic hydroxyl groups is 1. The second-order valence-corrected chi connectivity index (χ2v) is 6.22. The topological polar surface area (TPSA) is 67.2 Å². The van der Waals surface area contributed by atoms with E-state index < -0.39 is 6.10 Å². The predicted octanol–water partition coefficient (Wildman–Crippen LogP) is 2.27. The molecule has 1 aromatic carbocycles. The van der Waals surface area contributed by atoms with Crippen molar-refractivity contribution in [1.29, 1.82) is 0 Å². The molecular weight excluding hydrogens is 290 g/mol. The van der Waals surface area contributed by atoms with Crippen LogP contribution >= 0.6 is 0 Å². The SMILES string of the molecule is Cc1c(C(=O)NC2CCCCC2O)cnn1Cc1ccccc1. The van der Waals surface area contributed by atoms with Crippen LogP contribution in [0.1, 0.15) is 47.3 Å². The van der Waals surface area contributed by atoms with Crippen molar-refractivity contribution < 1.29 is 9.90 Å². The fraction of sp³-hybridized carbons (Fsp3) is 0.444. The minimum atomic E-state index is -0.438. The molecule has 2 atom stereocenters. The molecule has 0 radical (unpaired) electrons. The molecule has 0 saturated heterocycles. The summed E-state index contributed by atoms with van der Waals surface area (Å²) in [7, 11) is 0. The minimum Gasteiger partial charge on any atom is -0.391 e. The molecular formula is C18H23N3O2. The van der Waals surface area contributed by atoms with Crippen LogP contribution in [0.3, 0.4) is 0 Å². The first-order valence-electron chi connectivity index (χ1n) is 8.20. The van der Waals surface area contributed by atoms with Crippen molar-refractivity contribution >= 4 is 5.91 Å². The highest BCUT2D eigenvalue weighted by Crippen LogP contribution is 2.19. The largest absolute Gasteiger partial charge is 0.391 e. The molecule has 1 amide bonds. The zero-order chi connectivity index (χ0) is 16.2. The van der Waals surface area contributed by atoms with Crippen LogP contribution in [0, 0.1) is 6.92 Å². The van der Waals surface area contributed by atoms with E-state index >= 15 is 0 Å². The third-order valence-electron chi connectivity index (χ3n) is 4.57. The van der Waals surface area contributed by atoms with Gasteiger partial charge < -0.3 is 10.4 Å². The maximum Gasteiger partial charge on any atom is 0.255 e. The molecule has 1 fully saturated rings. The molecule has 0 spiro atoms. The molecule has 3 rings (SSSR count). The first-order chi connectivity index (χ1) is 11.1. The van der Waals surface area contributed by atoms with E-state index in [1.54, 1.807) is 6.20 Å². The van der Waals surface area contributed by atoms with Crippen molar-refractivity contribution in [2.75, 3.05) is 0 Å². The summed E-state index contributed by atoms with van der Waals surface area (Å²) in [4.78, 5) is 12.5. The molecule has 2 N–H and O–H groups in total. The van der Waals surface area contributed by atoms with E-state index in [2.05, 4.69) is 10.4 Å². The van der Waals surface area contributed by atoms with Crippen LogP contribution in [0.4, 0.5) is 0 Å². The van der Waals surface area contributed by atoms with Crippen molar-refractivity contribution in [3.63, 3.8) is 0 Å². The van der Waals surface area contributed by atoms with Gasteiger partial charge in [-0.05, 0) is 25.3 Å². The summed E-state index contributed by atoms with van der Waals surface area (Å²) in [5, 5.41) is 17.3. The molecule has 5 heteroatoms. The van der Waals surface area contributed by atoms with Crippen molar-refractivity contribution in [2.24, 2.45) is 0 Å². The van der Waals surface area contributed by atoms with Gasteiger partial charge in [0.2, 0.25) is 0 Å². The lowest BCUT2D eigenvalue weighted by Gasteiger charge is -2.28. The summed E-state index contributed by atoms with van der Waals surface area (Å²) in [5.74, 6) is -0.146. The van der Waals surface area contributed by atoms with Gasteiger partial charge in [-0.1, -0.05) is 43.2 Å². The molecule has 23 heavy (non-hydrogen) atoms. The number of aromatic nitrogens is 2. The average molecular weight is 313 g/mol. The summed E-state index contributed by atoms with van der Waals surface area (Å²) < 4.78 is 1.83. The molecule has 0 bridgehead atoms. The van der Waals surface area contributed by atoms with Crippen molar-refractivity contribution in [3.05, 3.63) is 53.3 Å². The summed E-state index contributed by atoms with van der Waals surface area (Å²) >= 11 is 0. The van der Waals surface area contributed by atoms with Gasteiger partial charge >= 0.3 is 0 Å². The van der Waals surface area contributed by atoms with Crippen LogP contribution in [0.15, 0.2) is 36.5 Å². The Labute approximate surface area is 136 Å². The molecule has 2 aromatic rings. The number of aliphatic hydroxyl groups excluding tert-OH is 1. The molecule has 0 aliphatic heterocycles. The number of hydrogen-bond donors (Lipinski definition) is 2. The van der Waals surface area contributed by atoms with Crippen LogP contribution in [0.2, 0.25) is 0 Å². The molecule has 1 aromatic heterocycles. The van der Waals surface area contributed by atoms with Crippen LogP contribution in [0.5, 0.6) is 0 Å². The molecule has 1 heterocycles. The Balaban J connectivity index is 1.69. The standard InChI is InChI=1S/C18H23N3O2/c1-13-15(18(23)20-16-9-5-6-10-17(16)22)11-19-21(13)12-14-7-3-2-4-8-14/h2-4,7-8,11,16-17,22H,5-6,9-10,12H2,1H3,(H,20,23). The van der Waals surface area contributed by atoms with Gasteiger partial charge in [-0.15, -0.1) is 0 Å². The van der Waals surface area contributed by atoms with E-state index in [1.165, 1.54) is 0 Å². The fourth-order valence-electron chi connectivity index (χ4n) is 3.11. The highest BCUT2D eigenvalue weighted by molar-refractivity contribution is 5.95. The van der Waals surface area contributed by atoms with E-state index in [9.17, 15) is 9.90 Å². The zero-order valence-corrected chi connectivity index (χ0v) is 13.4. The summed E-state index contributed by atoms with van der Waals surface area (Å²) in [5.41, 5.74) is 2.57. The fourth-order valence-corrected chi connectivity index (χ4v) is 3.11. The number of hydrogen-bond acceptors (Lipinski definition) is 3. The van der Waals surface area contributed by atoms with E-state index in [1.807, 2.05) is 41.9 Å². The molecule has 1 aliphatic rings. The molecule has 5 nitrogen and oxygen atoms in total. The lowest BCUT2D eigenvalue weighted by molar-refractivity contribution is 0.0716. The zero-order valence-electron chi connectivity index (χ0n) is 13.4. The van der Waals surface area contributed by atoms with Gasteiger partial charge in [0.15, 0.2) is 0 Å². The van der Waals surface area contributed by atoms with Crippen LogP contribution in [-0.2, 0) is 6.54 Å². The molecule has 2 unspecified atom stereocenters. The minimum absolute atomic E-state index is 0.145. The van der Waals surface area contributed by atoms with E-state index in [4.69, 9.17) is 0 Å². The maximum absolute atomic E-state index is 12.5. The molecule has 1 saturated carbocycles. The Hall–Kier alpha value is -2.14. The van der Waals surface area contributed by atoms with Gasteiger partial charge in [-0.2, -0.15) is 5.10 Å². The van der Waals surface area contributed by atoms with Gasteiger partial charge in [0.25, 0.3) is 5.91 Å². The summed E-state index contributed by atoms with van der Waals surface area (Å²) in [6.07, 6.45) is 4.85. The third-order valence-corrected chi connectivity index (χ3v) is 4.57. The number of nitrogens with one attached hydrogen (secondary N) is 1. The van der Waals surface area contributed by atoms with Crippen molar-refractivity contribution in [1.82, 2.24) is 15.1 Å². The van der Waals surface area contributed by atoms with Crippen LogP contribution < -0.4 is 5.32 Å². The van der Waals surface area contributed by atoms with E-state index in [0.717, 1.165) is 36.9 Å². The number of amides is 1. The highest BCUT2D eigenvalue weighted by Gasteiger charge is 2.26. The molecule has 122 valence electrons. The number of nitrogens with zero attached hydrogens (tertiary/aromatic N) is 2. The Morgan fingerprint density at radius 1 is 1.30 bits per heavy atom. The van der Waals surface area contributed by atoms with Gasteiger partial charge in [0.1, 0.15) is 0 Å². The Morgan fingerprint density at radius 2 is 2.04 bits per heavy atom. The molecule has 1 aliphatic carbocycles. The number of carbonyl (C=O) groups excluding carboxylic acids is 1. The number of rotatable bonds is 4. The van der Waals surface area contributed by atoms with Crippen LogP contribution in [-0.4, -0.2) is 32.9 Å². The quantitative estimate of drug-likeness (QED) is 0.910. The predicted molar refractivity (Wildman–Crippen MR) is 88.2 cm³/mol. The first-order valence-corrected chi connectivity index (χ1v) is 8.20. The first kappa shape index (κ1) is 15.7. The lowest BCUT2D eigenvalue weighted by atomic mass is 9.92. The lowest BCUT2D eigenvalue weighted by Crippen LogP contribution is -2.45. The smallest absolute Gasteiger partial charge is 0.255 e. The van der Waals surface area contributed by atoms with Crippen LogP contribution in [0.25, 0.3) is 0 Å². The van der Waals surface area contributed by atoms with E-state index in [-0.39, 0.29) is 11.9 Å². The number of carbonyl (C=O) groups is 1. The second kappa shape index (κ2) is 6.96. The monoisotopic (exact) mass is 313 g/mol. The third kappa shape index (κ3) is 3.62. The summed E-state index contributed by atoms with van der Waals surface area (Å²) in [6, 6.07) is 9.90. The van der Waals surface area contributed by atoms with Gasteiger partial charge in [0, 0.05) is 5.69 Å². The second-order valence-electron chi connectivity index (χ2n) is 6.22. The normalized spacial score (nSPS) is 21.1. The van der Waals surface area contributed by atoms with Crippen molar-refractivity contribution in [3.8, 4) is 0 Å². The number of benzene rings is 1. The van der Waals surface area contributed by atoms with Gasteiger partial charge in [-0.3, -0.25) is 9.48 Å². The van der Waals surface area contributed by atoms with Gasteiger partial charge in [-0.25, -0.2) is 0 Å². The summed E-state index contributed by atoms with van der Waals surface area (Å²) in [6.45, 7) is 2.55. The Morgan fingerprint density at radius 3 is 2.78 bits per heavy atom. The van der Waals surface area contributed by atoms with Crippen molar-refractivity contribution in [2.45, 2.75) is 51.3 Å². The Bertz CT molecular complexity index is 666. The van der Waals surface area contributed by atoms with Gasteiger partial charge in [0.05, 0.1) is 30.5 Å².